The van der Waals surface area contributed by atoms with E-state index < -0.39 is 0 Å². The van der Waals surface area contributed by atoms with Gasteiger partial charge >= 0.3 is 0 Å². The number of methoxy groups -OCH3 is 2. The summed E-state index contributed by atoms with van der Waals surface area (Å²) in [7, 11) is 3.28. The van der Waals surface area contributed by atoms with Gasteiger partial charge in [-0.3, -0.25) is 4.90 Å². The molecule has 0 unspecified atom stereocenters. The van der Waals surface area contributed by atoms with Crippen LogP contribution in [0.3, 0.4) is 0 Å². The molecule has 1 aliphatic heterocycles. The summed E-state index contributed by atoms with van der Waals surface area (Å²) in [5.74, 6) is 1.22. The molecule has 0 aromatic heterocycles. The smallest absolute Gasteiger partial charge is 0.161 e. The predicted molar refractivity (Wildman–Crippen MR) is 113 cm³/mol. The van der Waals surface area contributed by atoms with Gasteiger partial charge in [-0.25, -0.2) is 4.39 Å². The molecule has 1 atom stereocenters. The Morgan fingerprint density at radius 2 is 1.76 bits per heavy atom. The number of fused-ring (bicyclic) bond motifs is 1. The lowest BCUT2D eigenvalue weighted by atomic mass is 9.87. The lowest BCUT2D eigenvalue weighted by Gasteiger charge is -2.38. The largest absolute Gasteiger partial charge is 0.493 e. The van der Waals surface area contributed by atoms with E-state index in [9.17, 15) is 4.39 Å². The van der Waals surface area contributed by atoms with E-state index >= 15 is 0 Å². The fourth-order valence-corrected chi connectivity index (χ4v) is 4.28. The second-order valence-corrected chi connectivity index (χ2v) is 7.61. The van der Waals surface area contributed by atoms with Gasteiger partial charge in [-0.1, -0.05) is 41.9 Å². The average molecular weight is 412 g/mol. The molecular weight excluding hydrogens is 389 g/mol. The monoisotopic (exact) mass is 411 g/mol. The molecule has 4 rings (SSSR count). The van der Waals surface area contributed by atoms with Crippen molar-refractivity contribution in [3.05, 3.63) is 93.8 Å². The third kappa shape index (κ3) is 3.96. The van der Waals surface area contributed by atoms with Gasteiger partial charge in [-0.15, -0.1) is 0 Å². The minimum Gasteiger partial charge on any atom is -0.493 e. The highest BCUT2D eigenvalue weighted by atomic mass is 35.5. The molecule has 0 bridgehead atoms. The van der Waals surface area contributed by atoms with Crippen molar-refractivity contribution in [3.63, 3.8) is 0 Å². The van der Waals surface area contributed by atoms with E-state index in [1.54, 1.807) is 20.3 Å². The van der Waals surface area contributed by atoms with Crippen molar-refractivity contribution in [1.82, 2.24) is 4.90 Å². The Kier molecular flexibility index (Phi) is 5.74. The molecule has 150 valence electrons. The van der Waals surface area contributed by atoms with Crippen LogP contribution in [0.1, 0.15) is 28.3 Å². The first-order valence-corrected chi connectivity index (χ1v) is 9.96. The lowest BCUT2D eigenvalue weighted by molar-refractivity contribution is 0.201. The van der Waals surface area contributed by atoms with Crippen LogP contribution in [0.2, 0.25) is 5.02 Å². The van der Waals surface area contributed by atoms with E-state index in [4.69, 9.17) is 21.1 Å². The molecule has 0 fully saturated rings. The first-order chi connectivity index (χ1) is 14.1. The summed E-state index contributed by atoms with van der Waals surface area (Å²) in [5.41, 5.74) is 4.09. The normalized spacial score (nSPS) is 16.3. The molecule has 3 nitrogen and oxygen atoms in total. The van der Waals surface area contributed by atoms with Gasteiger partial charge in [-0.05, 0) is 53.4 Å². The Balaban J connectivity index is 1.82. The van der Waals surface area contributed by atoms with E-state index in [0.717, 1.165) is 29.8 Å². The second-order valence-electron chi connectivity index (χ2n) is 7.18. The first kappa shape index (κ1) is 19.7. The van der Waals surface area contributed by atoms with Gasteiger partial charge < -0.3 is 9.47 Å². The number of nitrogens with zero attached hydrogens (tertiary/aromatic N) is 1. The summed E-state index contributed by atoms with van der Waals surface area (Å²) < 4.78 is 25.4. The van der Waals surface area contributed by atoms with Crippen LogP contribution in [-0.2, 0) is 13.0 Å². The quantitative estimate of drug-likeness (QED) is 0.542. The molecule has 0 amide bonds. The van der Waals surface area contributed by atoms with Gasteiger partial charge in [0.1, 0.15) is 5.82 Å². The van der Waals surface area contributed by atoms with Crippen molar-refractivity contribution >= 4 is 11.6 Å². The summed E-state index contributed by atoms with van der Waals surface area (Å²) in [6.07, 6.45) is 0.848. The molecule has 0 saturated heterocycles. The van der Waals surface area contributed by atoms with Gasteiger partial charge in [0.25, 0.3) is 0 Å². The highest BCUT2D eigenvalue weighted by Crippen LogP contribution is 2.42. The average Bonchev–Trinajstić information content (AvgIpc) is 2.74. The van der Waals surface area contributed by atoms with Crippen molar-refractivity contribution in [1.29, 1.82) is 0 Å². The molecule has 0 radical (unpaired) electrons. The van der Waals surface area contributed by atoms with Crippen LogP contribution in [0.4, 0.5) is 4.39 Å². The molecule has 0 aliphatic carbocycles. The SMILES string of the molecule is COc1cc2c(cc1OC)[C@@H](c1cccc(Cl)c1)N(Cc1ccccc1F)CC2. The number of hydrogen-bond acceptors (Lipinski definition) is 3. The van der Waals surface area contributed by atoms with Crippen molar-refractivity contribution in [2.45, 2.75) is 19.0 Å². The third-order valence-electron chi connectivity index (χ3n) is 5.47. The van der Waals surface area contributed by atoms with Crippen LogP contribution in [0.15, 0.2) is 60.7 Å². The molecule has 3 aromatic rings. The maximum atomic E-state index is 14.4. The molecule has 5 heteroatoms. The maximum Gasteiger partial charge on any atom is 0.161 e. The van der Waals surface area contributed by atoms with Gasteiger partial charge in [0.15, 0.2) is 11.5 Å². The number of rotatable bonds is 5. The minimum atomic E-state index is -0.185. The molecular formula is C24H23ClFNO2. The second kappa shape index (κ2) is 8.44. The van der Waals surface area contributed by atoms with E-state index in [2.05, 4.69) is 11.0 Å². The standard InChI is InChI=1S/C24H23ClFNO2/c1-28-22-13-16-10-11-27(15-18-6-3-4-9-21(18)26)24(20(16)14-23(22)29-2)17-7-5-8-19(25)12-17/h3-9,12-14,24H,10-11,15H2,1-2H3/t24-/m1/s1. The summed E-state index contributed by atoms with van der Waals surface area (Å²) >= 11 is 6.31. The number of halogens is 2. The molecule has 1 aliphatic rings. The Hall–Kier alpha value is -2.56. The topological polar surface area (TPSA) is 21.7 Å². The van der Waals surface area contributed by atoms with Crippen molar-refractivity contribution < 1.29 is 13.9 Å². The van der Waals surface area contributed by atoms with Crippen LogP contribution in [0.5, 0.6) is 11.5 Å². The molecule has 3 aromatic carbocycles. The van der Waals surface area contributed by atoms with Crippen LogP contribution in [0.25, 0.3) is 0 Å². The maximum absolute atomic E-state index is 14.4. The Morgan fingerprint density at radius 1 is 1.00 bits per heavy atom. The number of benzene rings is 3. The number of ether oxygens (including phenoxy) is 2. The van der Waals surface area contributed by atoms with Crippen LogP contribution >= 0.6 is 11.6 Å². The Morgan fingerprint density at radius 3 is 2.48 bits per heavy atom. The summed E-state index contributed by atoms with van der Waals surface area (Å²) in [6.45, 7) is 1.31. The molecule has 0 saturated carbocycles. The molecule has 0 spiro atoms. The zero-order valence-corrected chi connectivity index (χ0v) is 17.2. The van der Waals surface area contributed by atoms with Crippen molar-refractivity contribution in [3.8, 4) is 11.5 Å². The van der Waals surface area contributed by atoms with E-state index in [-0.39, 0.29) is 11.9 Å². The van der Waals surface area contributed by atoms with Crippen molar-refractivity contribution in [2.75, 3.05) is 20.8 Å². The summed E-state index contributed by atoms with van der Waals surface area (Å²) in [5, 5.41) is 0.681. The Bertz CT molecular complexity index is 1020. The van der Waals surface area contributed by atoms with E-state index in [1.807, 2.05) is 42.5 Å². The predicted octanol–water partition coefficient (Wildman–Crippen LogP) is 5.64. The first-order valence-electron chi connectivity index (χ1n) is 9.58. The molecule has 0 N–H and O–H groups in total. The van der Waals surface area contributed by atoms with Gasteiger partial charge in [0, 0.05) is 23.7 Å². The van der Waals surface area contributed by atoms with E-state index in [1.165, 1.54) is 11.6 Å². The Labute approximate surface area is 175 Å². The van der Waals surface area contributed by atoms with Crippen LogP contribution < -0.4 is 9.47 Å². The van der Waals surface area contributed by atoms with E-state index in [0.29, 0.717) is 22.9 Å². The van der Waals surface area contributed by atoms with Gasteiger partial charge in [-0.2, -0.15) is 0 Å². The third-order valence-corrected chi connectivity index (χ3v) is 5.70. The summed E-state index contributed by atoms with van der Waals surface area (Å²) in [6, 6.07) is 18.8. The van der Waals surface area contributed by atoms with Gasteiger partial charge in [0.05, 0.1) is 20.3 Å². The fourth-order valence-electron chi connectivity index (χ4n) is 4.08. The molecule has 29 heavy (non-hydrogen) atoms. The zero-order valence-electron chi connectivity index (χ0n) is 16.5. The van der Waals surface area contributed by atoms with Crippen LogP contribution in [0, 0.1) is 5.82 Å². The fraction of sp³-hybridized carbons (Fsp3) is 0.250. The molecule has 1 heterocycles. The summed E-state index contributed by atoms with van der Waals surface area (Å²) in [4.78, 5) is 2.29. The lowest BCUT2D eigenvalue weighted by Crippen LogP contribution is -2.36. The highest BCUT2D eigenvalue weighted by molar-refractivity contribution is 6.30. The van der Waals surface area contributed by atoms with Crippen molar-refractivity contribution in [2.24, 2.45) is 0 Å². The van der Waals surface area contributed by atoms with Gasteiger partial charge in [0.2, 0.25) is 0 Å². The zero-order chi connectivity index (χ0) is 20.4. The minimum absolute atomic E-state index is 0.0585. The highest BCUT2D eigenvalue weighted by Gasteiger charge is 2.31. The number of hydrogen-bond donors (Lipinski definition) is 0. The van der Waals surface area contributed by atoms with Crippen LogP contribution in [-0.4, -0.2) is 25.7 Å².